The molecular formula is C17H15BrFNO3S. The lowest BCUT2D eigenvalue weighted by molar-refractivity contribution is -0.150. The average Bonchev–Trinajstić information content (AvgIpc) is 2.54. The third kappa shape index (κ3) is 5.98. The van der Waals surface area contributed by atoms with Gasteiger partial charge in [0, 0.05) is 15.1 Å². The fourth-order valence-electron chi connectivity index (χ4n) is 1.77. The number of thioether (sulfide) groups is 1. The molecule has 0 unspecified atom stereocenters. The standard InChI is InChI=1S/C17H15BrFNO3S/c1-11(17(22)20-14-4-2-3-13(19)9-14)23-16(21)10-24-15-7-5-12(18)6-8-15/h2-9,11H,10H2,1H3,(H,20,22)/t11-/m1/s1. The highest BCUT2D eigenvalue weighted by Crippen LogP contribution is 2.20. The molecule has 0 saturated carbocycles. The van der Waals surface area contributed by atoms with Gasteiger partial charge in [-0.3, -0.25) is 9.59 Å². The van der Waals surface area contributed by atoms with E-state index in [1.54, 1.807) is 6.07 Å². The number of nitrogens with one attached hydrogen (secondary N) is 1. The van der Waals surface area contributed by atoms with Crippen LogP contribution in [0.5, 0.6) is 0 Å². The van der Waals surface area contributed by atoms with E-state index < -0.39 is 23.8 Å². The summed E-state index contributed by atoms with van der Waals surface area (Å²) in [5, 5.41) is 2.50. The van der Waals surface area contributed by atoms with Crippen LogP contribution < -0.4 is 5.32 Å². The summed E-state index contributed by atoms with van der Waals surface area (Å²) in [5.41, 5.74) is 0.312. The van der Waals surface area contributed by atoms with Gasteiger partial charge in [0.25, 0.3) is 5.91 Å². The van der Waals surface area contributed by atoms with E-state index in [1.807, 2.05) is 24.3 Å². The summed E-state index contributed by atoms with van der Waals surface area (Å²) in [4.78, 5) is 24.7. The van der Waals surface area contributed by atoms with Crippen molar-refractivity contribution in [1.29, 1.82) is 0 Å². The number of benzene rings is 2. The van der Waals surface area contributed by atoms with E-state index in [1.165, 1.54) is 36.9 Å². The van der Waals surface area contributed by atoms with Crippen LogP contribution in [0.25, 0.3) is 0 Å². The van der Waals surface area contributed by atoms with Crippen molar-refractivity contribution in [2.75, 3.05) is 11.1 Å². The minimum absolute atomic E-state index is 0.0964. The number of halogens is 2. The zero-order valence-corrected chi connectivity index (χ0v) is 15.2. The monoisotopic (exact) mass is 411 g/mol. The molecule has 2 rings (SSSR count). The summed E-state index contributed by atoms with van der Waals surface area (Å²) in [6.45, 7) is 1.47. The number of rotatable bonds is 6. The summed E-state index contributed by atoms with van der Waals surface area (Å²) in [6.07, 6.45) is -0.966. The van der Waals surface area contributed by atoms with Gasteiger partial charge in [-0.1, -0.05) is 22.0 Å². The predicted molar refractivity (Wildman–Crippen MR) is 95.4 cm³/mol. The molecule has 126 valence electrons. The molecule has 1 amide bonds. The maximum absolute atomic E-state index is 13.1. The van der Waals surface area contributed by atoms with E-state index in [-0.39, 0.29) is 5.75 Å². The first kappa shape index (κ1) is 18.5. The maximum Gasteiger partial charge on any atom is 0.317 e. The Bertz CT molecular complexity index is 724. The lowest BCUT2D eigenvalue weighted by atomic mass is 10.3. The van der Waals surface area contributed by atoms with Crippen molar-refractivity contribution in [1.82, 2.24) is 0 Å². The first-order valence-corrected chi connectivity index (χ1v) is 8.86. The fraction of sp³-hybridized carbons (Fsp3) is 0.176. The number of hydrogen-bond acceptors (Lipinski definition) is 4. The smallest absolute Gasteiger partial charge is 0.317 e. The summed E-state index contributed by atoms with van der Waals surface area (Å²) >= 11 is 4.66. The molecule has 0 heterocycles. The zero-order chi connectivity index (χ0) is 17.5. The van der Waals surface area contributed by atoms with E-state index >= 15 is 0 Å². The highest BCUT2D eigenvalue weighted by molar-refractivity contribution is 9.10. The molecule has 0 aliphatic heterocycles. The molecule has 1 atom stereocenters. The highest BCUT2D eigenvalue weighted by atomic mass is 79.9. The van der Waals surface area contributed by atoms with Crippen LogP contribution >= 0.6 is 27.7 Å². The second-order valence-corrected chi connectivity index (χ2v) is 6.84. The quantitative estimate of drug-likeness (QED) is 0.570. The Morgan fingerprint density at radius 3 is 2.62 bits per heavy atom. The number of carbonyl (C=O) groups excluding carboxylic acids is 2. The van der Waals surface area contributed by atoms with Gasteiger partial charge in [-0.05, 0) is 49.4 Å². The molecule has 0 aliphatic rings. The second-order valence-electron chi connectivity index (χ2n) is 4.87. The van der Waals surface area contributed by atoms with Crippen molar-refractivity contribution < 1.29 is 18.7 Å². The van der Waals surface area contributed by atoms with Crippen LogP contribution in [0.1, 0.15) is 6.92 Å². The van der Waals surface area contributed by atoms with E-state index in [4.69, 9.17) is 4.74 Å². The van der Waals surface area contributed by atoms with Gasteiger partial charge in [-0.15, -0.1) is 11.8 Å². The molecule has 0 fully saturated rings. The number of hydrogen-bond donors (Lipinski definition) is 1. The molecule has 0 aromatic heterocycles. The molecule has 2 aromatic carbocycles. The molecule has 1 N–H and O–H groups in total. The Morgan fingerprint density at radius 1 is 1.25 bits per heavy atom. The Kier molecular flexibility index (Phi) is 6.81. The van der Waals surface area contributed by atoms with Gasteiger partial charge < -0.3 is 10.1 Å². The summed E-state index contributed by atoms with van der Waals surface area (Å²) in [7, 11) is 0. The van der Waals surface area contributed by atoms with E-state index in [9.17, 15) is 14.0 Å². The SMILES string of the molecule is C[C@@H](OC(=O)CSc1ccc(Br)cc1)C(=O)Nc1cccc(F)c1. The van der Waals surface area contributed by atoms with Crippen molar-refractivity contribution in [2.45, 2.75) is 17.9 Å². The predicted octanol–water partition coefficient (Wildman–Crippen LogP) is 4.25. The van der Waals surface area contributed by atoms with Crippen molar-refractivity contribution in [3.05, 3.63) is 58.8 Å². The van der Waals surface area contributed by atoms with Gasteiger partial charge in [0.1, 0.15) is 5.82 Å². The minimum Gasteiger partial charge on any atom is -0.452 e. The molecule has 0 radical (unpaired) electrons. The summed E-state index contributed by atoms with van der Waals surface area (Å²) in [6, 6.07) is 13.0. The van der Waals surface area contributed by atoms with Crippen LogP contribution in [-0.2, 0) is 14.3 Å². The minimum atomic E-state index is -0.966. The first-order valence-electron chi connectivity index (χ1n) is 7.08. The number of esters is 1. The van der Waals surface area contributed by atoms with Crippen LogP contribution in [0.15, 0.2) is 57.9 Å². The number of amides is 1. The van der Waals surface area contributed by atoms with Gasteiger partial charge >= 0.3 is 5.97 Å². The fourth-order valence-corrected chi connectivity index (χ4v) is 2.71. The normalized spacial score (nSPS) is 11.6. The molecule has 0 spiro atoms. The third-order valence-corrected chi connectivity index (χ3v) is 4.45. The Hall–Kier alpha value is -1.86. The molecule has 0 saturated heterocycles. The third-order valence-electron chi connectivity index (χ3n) is 2.94. The van der Waals surface area contributed by atoms with Gasteiger partial charge in [-0.25, -0.2) is 4.39 Å². The molecule has 7 heteroatoms. The molecule has 0 bridgehead atoms. The number of ether oxygens (including phenoxy) is 1. The number of anilines is 1. The van der Waals surface area contributed by atoms with E-state index in [0.29, 0.717) is 5.69 Å². The first-order chi connectivity index (χ1) is 11.4. The lowest BCUT2D eigenvalue weighted by Gasteiger charge is -2.13. The van der Waals surface area contributed by atoms with Crippen LogP contribution in [-0.4, -0.2) is 23.7 Å². The zero-order valence-electron chi connectivity index (χ0n) is 12.8. The van der Waals surface area contributed by atoms with Gasteiger partial charge in [0.05, 0.1) is 5.75 Å². The lowest BCUT2D eigenvalue weighted by Crippen LogP contribution is -2.30. The summed E-state index contributed by atoms with van der Waals surface area (Å²) in [5.74, 6) is -1.37. The van der Waals surface area contributed by atoms with Crippen molar-refractivity contribution in [2.24, 2.45) is 0 Å². The van der Waals surface area contributed by atoms with Crippen LogP contribution in [0, 0.1) is 5.82 Å². The van der Waals surface area contributed by atoms with E-state index in [2.05, 4.69) is 21.2 Å². The topological polar surface area (TPSA) is 55.4 Å². The Morgan fingerprint density at radius 2 is 1.96 bits per heavy atom. The van der Waals surface area contributed by atoms with Crippen molar-refractivity contribution in [3.8, 4) is 0 Å². The van der Waals surface area contributed by atoms with Gasteiger partial charge in [0.2, 0.25) is 0 Å². The second kappa shape index (κ2) is 8.84. The molecule has 24 heavy (non-hydrogen) atoms. The largest absolute Gasteiger partial charge is 0.452 e. The highest BCUT2D eigenvalue weighted by Gasteiger charge is 2.18. The maximum atomic E-state index is 13.1. The van der Waals surface area contributed by atoms with Crippen LogP contribution in [0.4, 0.5) is 10.1 Å². The number of carbonyl (C=O) groups is 2. The summed E-state index contributed by atoms with van der Waals surface area (Å²) < 4.78 is 19.1. The Labute approximate surface area is 151 Å². The van der Waals surface area contributed by atoms with Gasteiger partial charge in [-0.2, -0.15) is 0 Å². The molecule has 0 aliphatic carbocycles. The molecule has 4 nitrogen and oxygen atoms in total. The van der Waals surface area contributed by atoms with E-state index in [0.717, 1.165) is 9.37 Å². The Balaban J connectivity index is 1.80. The van der Waals surface area contributed by atoms with Crippen LogP contribution in [0.2, 0.25) is 0 Å². The van der Waals surface area contributed by atoms with Gasteiger partial charge in [0.15, 0.2) is 6.10 Å². The van der Waals surface area contributed by atoms with Crippen LogP contribution in [0.3, 0.4) is 0 Å². The van der Waals surface area contributed by atoms with Crippen molar-refractivity contribution >= 4 is 45.3 Å². The molecule has 2 aromatic rings. The average molecular weight is 412 g/mol. The van der Waals surface area contributed by atoms with Crippen molar-refractivity contribution in [3.63, 3.8) is 0 Å². The molecular weight excluding hydrogens is 397 g/mol.